The monoisotopic (exact) mass is 351 g/mol. The van der Waals surface area contributed by atoms with E-state index in [4.69, 9.17) is 0 Å². The number of benzene rings is 2. The van der Waals surface area contributed by atoms with E-state index in [1.807, 2.05) is 67.9 Å². The quantitative estimate of drug-likeness (QED) is 0.778. The Morgan fingerprint density at radius 1 is 1.08 bits per heavy atom. The molecular weight excluding hydrogens is 326 g/mol. The SMILES string of the molecule is Cn1c(=O)c2cc(NC(=O)CC(C)(C)C)ccc2n1Cc1ccccc1. The molecule has 2 aromatic carbocycles. The predicted molar refractivity (Wildman–Crippen MR) is 105 cm³/mol. The number of nitrogens with zero attached hydrogens (tertiary/aromatic N) is 2. The number of hydrogen-bond donors (Lipinski definition) is 1. The molecule has 0 atom stereocenters. The lowest BCUT2D eigenvalue weighted by Gasteiger charge is -2.17. The van der Waals surface area contributed by atoms with Crippen LogP contribution in [0.2, 0.25) is 0 Å². The van der Waals surface area contributed by atoms with Crippen LogP contribution in [0, 0.1) is 5.41 Å². The molecule has 136 valence electrons. The van der Waals surface area contributed by atoms with Gasteiger partial charge in [-0.1, -0.05) is 51.1 Å². The highest BCUT2D eigenvalue weighted by Crippen LogP contribution is 2.22. The number of amides is 1. The second-order valence-electron chi connectivity index (χ2n) is 7.89. The summed E-state index contributed by atoms with van der Waals surface area (Å²) in [5.74, 6) is -0.0441. The number of rotatable bonds is 4. The summed E-state index contributed by atoms with van der Waals surface area (Å²) in [6.07, 6.45) is 0.429. The van der Waals surface area contributed by atoms with Crippen LogP contribution in [0.3, 0.4) is 0 Å². The highest BCUT2D eigenvalue weighted by molar-refractivity contribution is 5.94. The average molecular weight is 351 g/mol. The maximum atomic E-state index is 12.6. The lowest BCUT2D eigenvalue weighted by atomic mass is 9.92. The summed E-state index contributed by atoms with van der Waals surface area (Å²) in [6.45, 7) is 6.69. The molecule has 3 aromatic rings. The van der Waals surface area contributed by atoms with Gasteiger partial charge in [0.25, 0.3) is 5.56 Å². The molecule has 1 heterocycles. The van der Waals surface area contributed by atoms with Crippen molar-refractivity contribution < 1.29 is 4.79 Å². The van der Waals surface area contributed by atoms with E-state index in [9.17, 15) is 9.59 Å². The van der Waals surface area contributed by atoms with E-state index in [0.29, 0.717) is 24.0 Å². The molecule has 0 saturated heterocycles. The molecule has 1 aromatic heterocycles. The summed E-state index contributed by atoms with van der Waals surface area (Å²) >= 11 is 0. The lowest BCUT2D eigenvalue weighted by molar-refractivity contribution is -0.117. The number of anilines is 1. The van der Waals surface area contributed by atoms with Crippen LogP contribution >= 0.6 is 0 Å². The van der Waals surface area contributed by atoms with Gasteiger partial charge in [0.15, 0.2) is 0 Å². The average Bonchev–Trinajstić information content (AvgIpc) is 2.79. The molecule has 0 fully saturated rings. The summed E-state index contributed by atoms with van der Waals surface area (Å²) in [7, 11) is 1.77. The molecule has 0 unspecified atom stereocenters. The molecule has 0 aliphatic heterocycles. The van der Waals surface area contributed by atoms with Crippen molar-refractivity contribution in [3.05, 3.63) is 64.4 Å². The van der Waals surface area contributed by atoms with Gasteiger partial charge in [-0.3, -0.25) is 19.0 Å². The van der Waals surface area contributed by atoms with Crippen LogP contribution in [-0.4, -0.2) is 15.3 Å². The minimum absolute atomic E-state index is 0.0441. The first kappa shape index (κ1) is 18.0. The second-order valence-corrected chi connectivity index (χ2v) is 7.89. The van der Waals surface area contributed by atoms with Gasteiger partial charge in [0.05, 0.1) is 17.4 Å². The van der Waals surface area contributed by atoms with E-state index < -0.39 is 0 Å². The van der Waals surface area contributed by atoms with Crippen LogP contribution in [0.5, 0.6) is 0 Å². The Morgan fingerprint density at radius 2 is 1.77 bits per heavy atom. The van der Waals surface area contributed by atoms with Crippen molar-refractivity contribution in [3.63, 3.8) is 0 Å². The zero-order valence-electron chi connectivity index (χ0n) is 15.7. The summed E-state index contributed by atoms with van der Waals surface area (Å²) in [6, 6.07) is 15.5. The fourth-order valence-corrected chi connectivity index (χ4v) is 3.09. The Morgan fingerprint density at radius 3 is 2.42 bits per heavy atom. The van der Waals surface area contributed by atoms with Gasteiger partial charge in [0.2, 0.25) is 5.91 Å². The van der Waals surface area contributed by atoms with E-state index in [2.05, 4.69) is 5.32 Å². The van der Waals surface area contributed by atoms with E-state index >= 15 is 0 Å². The van der Waals surface area contributed by atoms with Gasteiger partial charge in [0.1, 0.15) is 0 Å². The Labute approximate surface area is 153 Å². The van der Waals surface area contributed by atoms with Crippen LogP contribution < -0.4 is 10.9 Å². The highest BCUT2D eigenvalue weighted by atomic mass is 16.1. The van der Waals surface area contributed by atoms with Crippen LogP contribution in [0.25, 0.3) is 10.9 Å². The molecular formula is C21H25N3O2. The van der Waals surface area contributed by atoms with E-state index in [1.165, 1.54) is 0 Å². The summed E-state index contributed by atoms with van der Waals surface area (Å²) in [5.41, 5.74) is 2.49. The standard InChI is InChI=1S/C21H25N3O2/c1-21(2,3)13-19(25)22-16-10-11-18-17(12-16)20(26)23(4)24(18)14-15-8-6-5-7-9-15/h5-12H,13-14H2,1-4H3,(H,22,25). The second kappa shape index (κ2) is 6.83. The van der Waals surface area contributed by atoms with Gasteiger partial charge in [-0.2, -0.15) is 0 Å². The van der Waals surface area contributed by atoms with Gasteiger partial charge < -0.3 is 5.32 Å². The lowest BCUT2D eigenvalue weighted by Crippen LogP contribution is -2.20. The summed E-state index contributed by atoms with van der Waals surface area (Å²) in [4.78, 5) is 24.8. The Balaban J connectivity index is 1.92. The number of fused-ring (bicyclic) bond motifs is 1. The Hall–Kier alpha value is -2.82. The number of aromatic nitrogens is 2. The molecule has 26 heavy (non-hydrogen) atoms. The first-order chi connectivity index (χ1) is 12.2. The summed E-state index contributed by atoms with van der Waals surface area (Å²) < 4.78 is 3.58. The number of hydrogen-bond acceptors (Lipinski definition) is 2. The maximum Gasteiger partial charge on any atom is 0.274 e. The van der Waals surface area contributed by atoms with Gasteiger partial charge in [0, 0.05) is 19.2 Å². The Kier molecular flexibility index (Phi) is 4.72. The summed E-state index contributed by atoms with van der Waals surface area (Å²) in [5, 5.41) is 3.51. The molecule has 1 N–H and O–H groups in total. The fourth-order valence-electron chi connectivity index (χ4n) is 3.09. The topological polar surface area (TPSA) is 56.0 Å². The smallest absolute Gasteiger partial charge is 0.274 e. The largest absolute Gasteiger partial charge is 0.326 e. The molecule has 1 amide bonds. The molecule has 0 radical (unpaired) electrons. The van der Waals surface area contributed by atoms with Crippen molar-refractivity contribution in [2.75, 3.05) is 5.32 Å². The molecule has 5 nitrogen and oxygen atoms in total. The third-order valence-electron chi connectivity index (χ3n) is 4.31. The third kappa shape index (κ3) is 3.87. The van der Waals surface area contributed by atoms with Crippen molar-refractivity contribution >= 4 is 22.5 Å². The van der Waals surface area contributed by atoms with Crippen LogP contribution in [0.15, 0.2) is 53.3 Å². The van der Waals surface area contributed by atoms with Gasteiger partial charge in [-0.15, -0.1) is 0 Å². The first-order valence-electron chi connectivity index (χ1n) is 8.78. The highest BCUT2D eigenvalue weighted by Gasteiger charge is 2.17. The predicted octanol–water partition coefficient (Wildman–Crippen LogP) is 3.76. The fraction of sp³-hybridized carbons (Fsp3) is 0.333. The minimum Gasteiger partial charge on any atom is -0.326 e. The first-order valence-corrected chi connectivity index (χ1v) is 8.78. The molecule has 0 saturated carbocycles. The molecule has 0 spiro atoms. The molecule has 0 aliphatic rings. The van der Waals surface area contributed by atoms with E-state index in [1.54, 1.807) is 17.8 Å². The Bertz CT molecular complexity index is 992. The zero-order chi connectivity index (χ0) is 18.9. The molecule has 0 aliphatic carbocycles. The van der Waals surface area contributed by atoms with Crippen molar-refractivity contribution in [3.8, 4) is 0 Å². The number of carbonyl (C=O) groups excluding carboxylic acids is 1. The van der Waals surface area contributed by atoms with E-state index in [-0.39, 0.29) is 16.9 Å². The number of carbonyl (C=O) groups is 1. The van der Waals surface area contributed by atoms with Crippen LogP contribution in [-0.2, 0) is 18.4 Å². The van der Waals surface area contributed by atoms with Crippen LogP contribution in [0.1, 0.15) is 32.8 Å². The van der Waals surface area contributed by atoms with Gasteiger partial charge in [-0.05, 0) is 29.2 Å². The molecule has 5 heteroatoms. The molecule has 3 rings (SSSR count). The third-order valence-corrected chi connectivity index (χ3v) is 4.31. The number of nitrogens with one attached hydrogen (secondary N) is 1. The normalized spacial score (nSPS) is 11.7. The van der Waals surface area contributed by atoms with E-state index in [0.717, 1.165) is 11.1 Å². The van der Waals surface area contributed by atoms with Crippen LogP contribution in [0.4, 0.5) is 5.69 Å². The maximum absolute atomic E-state index is 12.6. The van der Waals surface area contributed by atoms with Gasteiger partial charge >= 0.3 is 0 Å². The molecule has 0 bridgehead atoms. The zero-order valence-corrected chi connectivity index (χ0v) is 15.7. The van der Waals surface area contributed by atoms with Crippen molar-refractivity contribution in [1.82, 2.24) is 9.36 Å². The van der Waals surface area contributed by atoms with Crippen molar-refractivity contribution in [2.24, 2.45) is 12.5 Å². The van der Waals surface area contributed by atoms with Gasteiger partial charge in [-0.25, -0.2) is 0 Å². The minimum atomic E-state index is -0.0800. The van der Waals surface area contributed by atoms with Crippen molar-refractivity contribution in [2.45, 2.75) is 33.7 Å². The van der Waals surface area contributed by atoms with Crippen molar-refractivity contribution in [1.29, 1.82) is 0 Å².